The highest BCUT2D eigenvalue weighted by atomic mass is 35.5. The Balaban J connectivity index is 1.75. The number of fused-ring (bicyclic) bond motifs is 3. The third-order valence-electron chi connectivity index (χ3n) is 5.29. The van der Waals surface area contributed by atoms with E-state index in [2.05, 4.69) is 26.8 Å². The molecule has 0 fully saturated rings. The van der Waals surface area contributed by atoms with E-state index in [0.717, 1.165) is 56.4 Å². The number of rotatable bonds is 7. The summed E-state index contributed by atoms with van der Waals surface area (Å²) in [4.78, 5) is 12.3. The van der Waals surface area contributed by atoms with Crippen molar-refractivity contribution in [2.45, 2.75) is 68.2 Å². The van der Waals surface area contributed by atoms with Crippen molar-refractivity contribution in [2.24, 2.45) is 0 Å². The molecule has 0 aliphatic carbocycles. The van der Waals surface area contributed by atoms with Gasteiger partial charge in [0.25, 0.3) is 0 Å². The van der Waals surface area contributed by atoms with E-state index in [9.17, 15) is 0 Å². The van der Waals surface area contributed by atoms with E-state index < -0.39 is 0 Å². The van der Waals surface area contributed by atoms with Gasteiger partial charge in [-0.05, 0) is 37.0 Å². The molecule has 29 heavy (non-hydrogen) atoms. The zero-order chi connectivity index (χ0) is 20.4. The number of thioether (sulfide) groups is 2. The molecular weight excluding hydrogens is 440 g/mol. The average Bonchev–Trinajstić information content (AvgIpc) is 3.09. The van der Waals surface area contributed by atoms with Crippen LogP contribution in [0.15, 0.2) is 34.4 Å². The highest BCUT2D eigenvalue weighted by molar-refractivity contribution is 7.99. The second-order valence-electron chi connectivity index (χ2n) is 7.49. The highest BCUT2D eigenvalue weighted by Crippen LogP contribution is 2.43. The summed E-state index contributed by atoms with van der Waals surface area (Å²) in [6.07, 6.45) is 3.03. The first-order valence-electron chi connectivity index (χ1n) is 9.98. The SMILES string of the molecule is CCCSc1nc(SCc2ccccc2Cl)c2c3c(sc2n1)CO[C@@](C)(CC)C3. The Labute approximate surface area is 190 Å². The van der Waals surface area contributed by atoms with Crippen molar-refractivity contribution in [3.63, 3.8) is 0 Å². The van der Waals surface area contributed by atoms with Gasteiger partial charge < -0.3 is 4.74 Å². The Morgan fingerprint density at radius 2 is 2.03 bits per heavy atom. The van der Waals surface area contributed by atoms with Gasteiger partial charge in [0.1, 0.15) is 9.86 Å². The molecule has 0 spiro atoms. The molecule has 0 radical (unpaired) electrons. The van der Waals surface area contributed by atoms with E-state index in [1.54, 1.807) is 34.9 Å². The molecule has 0 unspecified atom stereocenters. The Morgan fingerprint density at radius 1 is 1.21 bits per heavy atom. The summed E-state index contributed by atoms with van der Waals surface area (Å²) in [7, 11) is 0. The van der Waals surface area contributed by atoms with Crippen LogP contribution in [0.4, 0.5) is 0 Å². The fourth-order valence-corrected chi connectivity index (χ4v) is 6.69. The molecule has 3 aromatic rings. The molecule has 0 amide bonds. The summed E-state index contributed by atoms with van der Waals surface area (Å²) in [6, 6.07) is 8.05. The van der Waals surface area contributed by atoms with Crippen molar-refractivity contribution in [2.75, 3.05) is 5.75 Å². The van der Waals surface area contributed by atoms with Crippen LogP contribution in [0.2, 0.25) is 5.02 Å². The van der Waals surface area contributed by atoms with E-state index in [1.807, 2.05) is 18.2 Å². The van der Waals surface area contributed by atoms with Crippen molar-refractivity contribution in [1.29, 1.82) is 0 Å². The summed E-state index contributed by atoms with van der Waals surface area (Å²) in [5.74, 6) is 1.83. The molecule has 0 N–H and O–H groups in total. The van der Waals surface area contributed by atoms with Gasteiger partial charge in [-0.25, -0.2) is 9.97 Å². The maximum absolute atomic E-state index is 6.39. The smallest absolute Gasteiger partial charge is 0.190 e. The Bertz CT molecular complexity index is 1020. The quantitative estimate of drug-likeness (QED) is 0.207. The van der Waals surface area contributed by atoms with E-state index in [0.29, 0.717) is 6.61 Å². The van der Waals surface area contributed by atoms with Crippen LogP contribution in [0.5, 0.6) is 0 Å². The number of benzene rings is 1. The van der Waals surface area contributed by atoms with Crippen LogP contribution in [0.25, 0.3) is 10.2 Å². The van der Waals surface area contributed by atoms with Gasteiger partial charge in [0.15, 0.2) is 5.16 Å². The van der Waals surface area contributed by atoms with E-state index >= 15 is 0 Å². The number of nitrogens with zero attached hydrogens (tertiary/aromatic N) is 2. The molecule has 2 aromatic heterocycles. The molecule has 3 nitrogen and oxygen atoms in total. The Hall–Kier alpha value is -0.790. The standard InChI is InChI=1S/C22H25ClN2OS3/c1-4-10-27-21-24-19(28-13-14-8-6-7-9-16(14)23)18-15-11-22(3,5-2)26-12-17(15)29-20(18)25-21/h6-9H,4-5,10-13H2,1-3H3/t22-/m0/s1. The first-order chi connectivity index (χ1) is 14.0. The first kappa shape index (κ1) is 21.4. The number of ether oxygens (including phenoxy) is 1. The predicted octanol–water partition coefficient (Wildman–Crippen LogP) is 7.38. The molecule has 1 aliphatic rings. The fourth-order valence-electron chi connectivity index (χ4n) is 3.37. The fraction of sp³-hybridized carbons (Fsp3) is 0.455. The average molecular weight is 465 g/mol. The van der Waals surface area contributed by atoms with Gasteiger partial charge in [0, 0.05) is 33.2 Å². The molecule has 0 bridgehead atoms. The summed E-state index contributed by atoms with van der Waals surface area (Å²) in [5.41, 5.74) is 2.41. The van der Waals surface area contributed by atoms with Crippen LogP contribution in [0.3, 0.4) is 0 Å². The number of hydrogen-bond acceptors (Lipinski definition) is 6. The van der Waals surface area contributed by atoms with E-state index in [-0.39, 0.29) is 5.60 Å². The van der Waals surface area contributed by atoms with Gasteiger partial charge in [0.05, 0.1) is 12.2 Å². The highest BCUT2D eigenvalue weighted by Gasteiger charge is 2.33. The number of hydrogen-bond donors (Lipinski definition) is 0. The Morgan fingerprint density at radius 3 is 2.79 bits per heavy atom. The van der Waals surface area contributed by atoms with Gasteiger partial charge in [-0.1, -0.05) is 55.4 Å². The third kappa shape index (κ3) is 4.62. The lowest BCUT2D eigenvalue weighted by Crippen LogP contribution is -2.33. The van der Waals surface area contributed by atoms with Crippen LogP contribution >= 0.6 is 46.5 Å². The minimum absolute atomic E-state index is 0.110. The van der Waals surface area contributed by atoms with Crippen molar-refractivity contribution < 1.29 is 4.74 Å². The minimum Gasteiger partial charge on any atom is -0.369 e. The first-order valence-corrected chi connectivity index (χ1v) is 13.1. The number of thiophene rings is 1. The van der Waals surface area contributed by atoms with Crippen molar-refractivity contribution in [3.05, 3.63) is 45.3 Å². The largest absolute Gasteiger partial charge is 0.369 e. The second-order valence-corrected chi connectivity index (χ2v) is 11.0. The normalized spacial score (nSPS) is 18.9. The zero-order valence-electron chi connectivity index (χ0n) is 17.0. The molecule has 7 heteroatoms. The molecule has 1 aromatic carbocycles. The molecule has 0 saturated heterocycles. The molecule has 1 atom stereocenters. The van der Waals surface area contributed by atoms with Gasteiger partial charge in [0.2, 0.25) is 0 Å². The predicted molar refractivity (Wildman–Crippen MR) is 127 cm³/mol. The van der Waals surface area contributed by atoms with Crippen molar-refractivity contribution in [1.82, 2.24) is 9.97 Å². The van der Waals surface area contributed by atoms with E-state index in [4.69, 9.17) is 26.3 Å². The van der Waals surface area contributed by atoms with Gasteiger partial charge in [-0.2, -0.15) is 0 Å². The zero-order valence-corrected chi connectivity index (χ0v) is 20.2. The van der Waals surface area contributed by atoms with Gasteiger partial charge in [-0.15, -0.1) is 23.1 Å². The summed E-state index contributed by atoms with van der Waals surface area (Å²) in [5, 5.41) is 3.99. The lowest BCUT2D eigenvalue weighted by atomic mass is 9.90. The lowest BCUT2D eigenvalue weighted by molar-refractivity contribution is -0.0543. The number of aromatic nitrogens is 2. The van der Waals surface area contributed by atoms with Crippen LogP contribution < -0.4 is 0 Å². The van der Waals surface area contributed by atoms with Crippen LogP contribution in [-0.2, 0) is 23.5 Å². The summed E-state index contributed by atoms with van der Waals surface area (Å²) >= 11 is 11.7. The van der Waals surface area contributed by atoms with Gasteiger partial charge in [-0.3, -0.25) is 0 Å². The Kier molecular flexibility index (Phi) is 6.76. The molecule has 4 rings (SSSR count). The molecule has 3 heterocycles. The number of halogens is 1. The maximum atomic E-state index is 6.39. The molecule has 0 saturated carbocycles. The summed E-state index contributed by atoms with van der Waals surface area (Å²) in [6.45, 7) is 7.27. The lowest BCUT2D eigenvalue weighted by Gasteiger charge is -2.33. The topological polar surface area (TPSA) is 35.0 Å². The van der Waals surface area contributed by atoms with Crippen molar-refractivity contribution >= 4 is 56.7 Å². The van der Waals surface area contributed by atoms with Gasteiger partial charge >= 0.3 is 0 Å². The van der Waals surface area contributed by atoms with Crippen molar-refractivity contribution in [3.8, 4) is 0 Å². The van der Waals surface area contributed by atoms with Crippen LogP contribution in [0.1, 0.15) is 49.6 Å². The molecular formula is C22H25ClN2OS3. The van der Waals surface area contributed by atoms with Crippen LogP contribution in [-0.4, -0.2) is 21.3 Å². The minimum atomic E-state index is -0.110. The van der Waals surface area contributed by atoms with E-state index in [1.165, 1.54) is 15.8 Å². The maximum Gasteiger partial charge on any atom is 0.190 e. The monoisotopic (exact) mass is 464 g/mol. The molecule has 154 valence electrons. The third-order valence-corrected chi connectivity index (χ3v) is 8.83. The summed E-state index contributed by atoms with van der Waals surface area (Å²) < 4.78 is 6.18. The molecule has 1 aliphatic heterocycles. The second kappa shape index (κ2) is 9.15. The van der Waals surface area contributed by atoms with Crippen LogP contribution in [0, 0.1) is 0 Å².